The number of carbonyl (C=O) groups excluding carboxylic acids is 1. The Morgan fingerprint density at radius 3 is 2.45 bits per heavy atom. The van der Waals surface area contributed by atoms with Gasteiger partial charge in [-0.1, -0.05) is 35.3 Å². The van der Waals surface area contributed by atoms with E-state index in [0.717, 1.165) is 9.25 Å². The van der Waals surface area contributed by atoms with Gasteiger partial charge in [0.05, 0.1) is 30.1 Å². The van der Waals surface area contributed by atoms with E-state index in [-0.39, 0.29) is 18.3 Å². The topological polar surface area (TPSA) is 95.2 Å². The number of amides is 1. The van der Waals surface area contributed by atoms with Crippen molar-refractivity contribution in [2.45, 2.75) is 13.5 Å². The van der Waals surface area contributed by atoms with Gasteiger partial charge >= 0.3 is 11.2 Å². The molecule has 0 aliphatic rings. The van der Waals surface area contributed by atoms with E-state index >= 15 is 0 Å². The van der Waals surface area contributed by atoms with Gasteiger partial charge in [-0.3, -0.25) is 9.59 Å². The molecular formula is C19H16Cl2N4O4. The lowest BCUT2D eigenvalue weighted by molar-refractivity contribution is -0.114. The largest absolute Gasteiger partial charge is 0.476 e. The number of anilines is 1. The number of rotatable bonds is 5. The maximum atomic E-state index is 13.0. The molecule has 8 nitrogen and oxygen atoms in total. The number of nitrogens with zero attached hydrogens (tertiary/aromatic N) is 3. The molecule has 3 aromatic rings. The van der Waals surface area contributed by atoms with E-state index in [1.807, 2.05) is 0 Å². The average molecular weight is 435 g/mol. The number of carbonyl (C=O) groups is 1. The van der Waals surface area contributed by atoms with Gasteiger partial charge in [0, 0.05) is 11.9 Å². The minimum absolute atomic E-state index is 0.000141. The third-order valence-electron chi connectivity index (χ3n) is 3.98. The van der Waals surface area contributed by atoms with Crippen LogP contribution >= 0.6 is 23.2 Å². The summed E-state index contributed by atoms with van der Waals surface area (Å²) in [5.41, 5.74) is -0.0452. The predicted octanol–water partition coefficient (Wildman–Crippen LogP) is 2.72. The van der Waals surface area contributed by atoms with Crippen molar-refractivity contribution >= 4 is 34.8 Å². The zero-order chi connectivity index (χ0) is 21.1. The highest BCUT2D eigenvalue weighted by molar-refractivity contribution is 6.33. The quantitative estimate of drug-likeness (QED) is 0.665. The standard InChI is InChI=1S/C19H16Cl2N4O4/c1-11(26)22-16-9-14(7-8-15(16)21)25-19(28)24(18(27)17(23-25)29-2)10-12-3-5-13(20)6-4-12/h3-9H,10H2,1-2H3,(H,22,26). The summed E-state index contributed by atoms with van der Waals surface area (Å²) in [6, 6.07) is 11.3. The van der Waals surface area contributed by atoms with Crippen molar-refractivity contribution in [3.63, 3.8) is 0 Å². The number of ether oxygens (including phenoxy) is 1. The lowest BCUT2D eigenvalue weighted by Gasteiger charge is -2.13. The first-order chi connectivity index (χ1) is 13.8. The van der Waals surface area contributed by atoms with Gasteiger partial charge in [-0.2, -0.15) is 4.68 Å². The molecule has 1 aromatic heterocycles. The first kappa shape index (κ1) is 20.6. The van der Waals surface area contributed by atoms with Crippen LogP contribution < -0.4 is 21.3 Å². The Labute approximate surface area is 175 Å². The molecule has 0 saturated heterocycles. The summed E-state index contributed by atoms with van der Waals surface area (Å²) in [4.78, 5) is 37.0. The van der Waals surface area contributed by atoms with Gasteiger partial charge in [0.25, 0.3) is 5.88 Å². The molecule has 1 heterocycles. The number of halogens is 2. The van der Waals surface area contributed by atoms with Crippen LogP contribution in [0.1, 0.15) is 12.5 Å². The molecule has 0 fully saturated rings. The Hall–Kier alpha value is -3.10. The van der Waals surface area contributed by atoms with E-state index in [9.17, 15) is 14.4 Å². The molecule has 1 N–H and O–H groups in total. The summed E-state index contributed by atoms with van der Waals surface area (Å²) in [6.45, 7) is 1.34. The number of aromatic nitrogens is 3. The zero-order valence-corrected chi connectivity index (χ0v) is 17.0. The molecule has 0 unspecified atom stereocenters. The highest BCUT2D eigenvalue weighted by Crippen LogP contribution is 2.24. The van der Waals surface area contributed by atoms with Crippen LogP contribution in [0, 0.1) is 0 Å². The van der Waals surface area contributed by atoms with E-state index in [4.69, 9.17) is 27.9 Å². The Kier molecular flexibility index (Phi) is 6.05. The molecule has 0 spiro atoms. The summed E-state index contributed by atoms with van der Waals surface area (Å²) >= 11 is 12.0. The number of benzene rings is 2. The van der Waals surface area contributed by atoms with Crippen molar-refractivity contribution in [1.29, 1.82) is 0 Å². The molecule has 2 aromatic carbocycles. The number of hydrogen-bond donors (Lipinski definition) is 1. The highest BCUT2D eigenvalue weighted by atomic mass is 35.5. The van der Waals surface area contributed by atoms with Crippen LogP contribution in [0.5, 0.6) is 5.88 Å². The maximum absolute atomic E-state index is 13.0. The molecule has 0 bridgehead atoms. The fourth-order valence-corrected chi connectivity index (χ4v) is 2.92. The summed E-state index contributed by atoms with van der Waals surface area (Å²) in [7, 11) is 1.29. The second-order valence-electron chi connectivity index (χ2n) is 6.07. The first-order valence-corrected chi connectivity index (χ1v) is 9.16. The minimum atomic E-state index is -0.679. The summed E-state index contributed by atoms with van der Waals surface area (Å²) in [5, 5.41) is 7.40. The average Bonchev–Trinajstić information content (AvgIpc) is 2.68. The second kappa shape index (κ2) is 8.50. The van der Waals surface area contributed by atoms with Gasteiger partial charge in [-0.25, -0.2) is 9.36 Å². The fourth-order valence-electron chi connectivity index (χ4n) is 2.63. The van der Waals surface area contributed by atoms with Crippen LogP contribution in [0.4, 0.5) is 5.69 Å². The number of methoxy groups -OCH3 is 1. The number of nitrogens with one attached hydrogen (secondary N) is 1. The van der Waals surface area contributed by atoms with Crippen molar-refractivity contribution in [1.82, 2.24) is 14.3 Å². The van der Waals surface area contributed by atoms with E-state index in [2.05, 4.69) is 10.4 Å². The zero-order valence-electron chi connectivity index (χ0n) is 15.5. The Morgan fingerprint density at radius 1 is 1.14 bits per heavy atom. The van der Waals surface area contributed by atoms with Gasteiger partial charge < -0.3 is 10.1 Å². The summed E-state index contributed by atoms with van der Waals surface area (Å²) in [5.74, 6) is -0.579. The predicted molar refractivity (Wildman–Crippen MR) is 111 cm³/mol. The van der Waals surface area contributed by atoms with Gasteiger partial charge in [0.1, 0.15) is 0 Å². The van der Waals surface area contributed by atoms with E-state index < -0.39 is 11.2 Å². The van der Waals surface area contributed by atoms with Crippen molar-refractivity contribution in [3.8, 4) is 11.6 Å². The summed E-state index contributed by atoms with van der Waals surface area (Å²) < 4.78 is 7.07. The molecule has 0 saturated carbocycles. The number of hydrogen-bond acceptors (Lipinski definition) is 5. The first-order valence-electron chi connectivity index (χ1n) is 8.40. The molecule has 0 radical (unpaired) electrons. The maximum Gasteiger partial charge on any atom is 0.352 e. The van der Waals surface area contributed by atoms with Crippen molar-refractivity contribution in [2.24, 2.45) is 0 Å². The van der Waals surface area contributed by atoms with Gasteiger partial charge in [0.15, 0.2) is 0 Å². The normalized spacial score (nSPS) is 10.6. The molecule has 150 valence electrons. The van der Waals surface area contributed by atoms with Crippen molar-refractivity contribution in [2.75, 3.05) is 12.4 Å². The summed E-state index contributed by atoms with van der Waals surface area (Å²) in [6.07, 6.45) is 0. The fraction of sp³-hybridized carbons (Fsp3) is 0.158. The molecule has 0 atom stereocenters. The lowest BCUT2D eigenvalue weighted by Crippen LogP contribution is -2.41. The molecule has 3 rings (SSSR count). The van der Waals surface area contributed by atoms with Gasteiger partial charge in [-0.05, 0) is 35.9 Å². The molecule has 0 aliphatic carbocycles. The van der Waals surface area contributed by atoms with Crippen molar-refractivity contribution in [3.05, 3.63) is 78.9 Å². The Balaban J connectivity index is 2.15. The lowest BCUT2D eigenvalue weighted by atomic mass is 10.2. The van der Waals surface area contributed by atoms with Gasteiger partial charge in [-0.15, -0.1) is 5.10 Å². The molecule has 1 amide bonds. The molecule has 29 heavy (non-hydrogen) atoms. The third kappa shape index (κ3) is 4.49. The minimum Gasteiger partial charge on any atom is -0.476 e. The second-order valence-corrected chi connectivity index (χ2v) is 6.91. The van der Waals surface area contributed by atoms with E-state index in [1.54, 1.807) is 30.3 Å². The van der Waals surface area contributed by atoms with Crippen LogP contribution in [-0.4, -0.2) is 27.4 Å². The van der Waals surface area contributed by atoms with Crippen LogP contribution in [0.15, 0.2) is 52.1 Å². The van der Waals surface area contributed by atoms with E-state index in [1.165, 1.54) is 26.2 Å². The van der Waals surface area contributed by atoms with Crippen LogP contribution in [-0.2, 0) is 11.3 Å². The third-order valence-corrected chi connectivity index (χ3v) is 4.57. The van der Waals surface area contributed by atoms with Gasteiger partial charge in [0.2, 0.25) is 5.91 Å². The molecule has 10 heteroatoms. The monoisotopic (exact) mass is 434 g/mol. The highest BCUT2D eigenvalue weighted by Gasteiger charge is 2.16. The Bertz CT molecular complexity index is 1190. The molecule has 0 aliphatic heterocycles. The smallest absolute Gasteiger partial charge is 0.352 e. The van der Waals surface area contributed by atoms with Crippen molar-refractivity contribution < 1.29 is 9.53 Å². The van der Waals surface area contributed by atoms with Crippen LogP contribution in [0.3, 0.4) is 0 Å². The van der Waals surface area contributed by atoms with Crippen LogP contribution in [0.25, 0.3) is 5.69 Å². The van der Waals surface area contributed by atoms with E-state index in [0.29, 0.717) is 27.0 Å². The molecular weight excluding hydrogens is 419 g/mol. The SMILES string of the molecule is COc1nn(-c2ccc(Cl)c(NC(C)=O)c2)c(=O)n(Cc2ccc(Cl)cc2)c1=O. The van der Waals surface area contributed by atoms with Crippen LogP contribution in [0.2, 0.25) is 10.0 Å². The Morgan fingerprint density at radius 2 is 1.83 bits per heavy atom.